The zero-order valence-electron chi connectivity index (χ0n) is 11.2. The predicted molar refractivity (Wildman–Crippen MR) is 77.1 cm³/mol. The van der Waals surface area contributed by atoms with Gasteiger partial charge in [0, 0.05) is 18.2 Å². The topological polar surface area (TPSA) is 72.2 Å². The van der Waals surface area contributed by atoms with Gasteiger partial charge >= 0.3 is 0 Å². The van der Waals surface area contributed by atoms with Gasteiger partial charge in [-0.25, -0.2) is 0 Å². The van der Waals surface area contributed by atoms with Gasteiger partial charge in [-0.05, 0) is 25.0 Å². The Hall–Kier alpha value is -2.17. The molecule has 1 saturated carbocycles. The van der Waals surface area contributed by atoms with E-state index in [1.807, 2.05) is 0 Å². The van der Waals surface area contributed by atoms with E-state index in [0.717, 1.165) is 25.7 Å². The molecule has 5 heteroatoms. The van der Waals surface area contributed by atoms with E-state index in [1.165, 1.54) is 24.6 Å². The van der Waals surface area contributed by atoms with Gasteiger partial charge in [-0.1, -0.05) is 31.4 Å². The van der Waals surface area contributed by atoms with Crippen LogP contribution in [0.2, 0.25) is 0 Å². The molecule has 0 saturated heterocycles. The first-order chi connectivity index (χ1) is 9.66. The quantitative estimate of drug-likeness (QED) is 0.521. The first kappa shape index (κ1) is 14.2. The van der Waals surface area contributed by atoms with Crippen LogP contribution in [0.5, 0.6) is 0 Å². The highest BCUT2D eigenvalue weighted by molar-refractivity contribution is 5.92. The van der Waals surface area contributed by atoms with Crippen LogP contribution in [0.1, 0.15) is 37.7 Å². The van der Waals surface area contributed by atoms with Crippen LogP contribution in [0.4, 0.5) is 5.69 Å². The number of nitrogens with zero attached hydrogens (tertiary/aromatic N) is 1. The highest BCUT2D eigenvalue weighted by Gasteiger charge is 2.14. The largest absolute Gasteiger partial charge is 0.350 e. The number of para-hydroxylation sites is 1. The van der Waals surface area contributed by atoms with Crippen molar-refractivity contribution in [2.45, 2.75) is 38.1 Å². The Bertz CT molecular complexity index is 520. The number of hydrogen-bond donors (Lipinski definition) is 1. The number of benzene rings is 1. The van der Waals surface area contributed by atoms with Gasteiger partial charge in [0.25, 0.3) is 5.69 Å². The van der Waals surface area contributed by atoms with Gasteiger partial charge in [0.1, 0.15) is 0 Å². The van der Waals surface area contributed by atoms with Crippen LogP contribution in [0.25, 0.3) is 6.08 Å². The summed E-state index contributed by atoms with van der Waals surface area (Å²) >= 11 is 0. The minimum absolute atomic E-state index is 0.00853. The van der Waals surface area contributed by atoms with Gasteiger partial charge in [0.05, 0.1) is 10.5 Å². The molecule has 0 radical (unpaired) electrons. The summed E-state index contributed by atoms with van der Waals surface area (Å²) in [5.41, 5.74) is 0.450. The normalized spacial score (nSPS) is 16.2. The van der Waals surface area contributed by atoms with Gasteiger partial charge in [-0.2, -0.15) is 0 Å². The number of hydrogen-bond acceptors (Lipinski definition) is 3. The van der Waals surface area contributed by atoms with Crippen LogP contribution in [0.3, 0.4) is 0 Å². The summed E-state index contributed by atoms with van der Waals surface area (Å²) < 4.78 is 0. The first-order valence-electron chi connectivity index (χ1n) is 6.89. The molecule has 0 heterocycles. The summed E-state index contributed by atoms with van der Waals surface area (Å²) in [6.07, 6.45) is 8.44. The third-order valence-electron chi connectivity index (χ3n) is 3.50. The average Bonchev–Trinajstić information content (AvgIpc) is 2.46. The minimum atomic E-state index is -0.446. The van der Waals surface area contributed by atoms with Crippen LogP contribution >= 0.6 is 0 Å². The van der Waals surface area contributed by atoms with Gasteiger partial charge < -0.3 is 5.32 Å². The summed E-state index contributed by atoms with van der Waals surface area (Å²) in [4.78, 5) is 22.2. The Morgan fingerprint density at radius 1 is 1.25 bits per heavy atom. The number of nitrogens with one attached hydrogen (secondary N) is 1. The fourth-order valence-electron chi connectivity index (χ4n) is 2.46. The molecule has 2 rings (SSSR count). The summed E-state index contributed by atoms with van der Waals surface area (Å²) in [5, 5.41) is 13.8. The van der Waals surface area contributed by atoms with E-state index < -0.39 is 4.92 Å². The lowest BCUT2D eigenvalue weighted by Gasteiger charge is -2.21. The molecule has 1 aromatic carbocycles. The second kappa shape index (κ2) is 6.84. The zero-order chi connectivity index (χ0) is 14.4. The Kier molecular flexibility index (Phi) is 4.87. The van der Waals surface area contributed by atoms with Gasteiger partial charge in [0.2, 0.25) is 5.91 Å². The maximum Gasteiger partial charge on any atom is 0.276 e. The second-order valence-electron chi connectivity index (χ2n) is 4.99. The van der Waals surface area contributed by atoms with Crippen LogP contribution in [0, 0.1) is 10.1 Å². The number of amides is 1. The lowest BCUT2D eigenvalue weighted by atomic mass is 9.95. The molecule has 0 atom stereocenters. The monoisotopic (exact) mass is 274 g/mol. The molecular weight excluding hydrogens is 256 g/mol. The van der Waals surface area contributed by atoms with E-state index in [4.69, 9.17) is 0 Å². The maximum absolute atomic E-state index is 11.8. The van der Waals surface area contributed by atoms with Crippen molar-refractivity contribution in [1.82, 2.24) is 5.32 Å². The maximum atomic E-state index is 11.8. The number of rotatable bonds is 4. The van der Waals surface area contributed by atoms with Crippen molar-refractivity contribution >= 4 is 17.7 Å². The zero-order valence-corrected chi connectivity index (χ0v) is 11.2. The van der Waals surface area contributed by atoms with Crippen molar-refractivity contribution in [1.29, 1.82) is 0 Å². The van der Waals surface area contributed by atoms with E-state index in [0.29, 0.717) is 5.56 Å². The standard InChI is InChI=1S/C15H18N2O3/c18-15(16-13-7-2-1-3-8-13)11-10-12-6-4-5-9-14(12)17(19)20/h4-6,9-11,13H,1-3,7-8H2,(H,16,18). The van der Waals surface area contributed by atoms with Gasteiger partial charge in [-0.3, -0.25) is 14.9 Å². The summed E-state index contributed by atoms with van der Waals surface area (Å²) in [5.74, 6) is -0.185. The molecule has 1 N–H and O–H groups in total. The molecule has 0 aromatic heterocycles. The van der Waals surface area contributed by atoms with E-state index in [1.54, 1.807) is 18.2 Å². The van der Waals surface area contributed by atoms with Gasteiger partial charge in [0.15, 0.2) is 0 Å². The molecule has 1 aliphatic carbocycles. The van der Waals surface area contributed by atoms with E-state index in [-0.39, 0.29) is 17.6 Å². The predicted octanol–water partition coefficient (Wildman–Crippen LogP) is 3.06. The van der Waals surface area contributed by atoms with Crippen molar-refractivity contribution in [2.24, 2.45) is 0 Å². The SMILES string of the molecule is O=C(C=Cc1ccccc1[N+](=O)[O-])NC1CCCCC1. The number of nitro benzene ring substituents is 1. The molecule has 0 bridgehead atoms. The Morgan fingerprint density at radius 2 is 1.95 bits per heavy atom. The van der Waals surface area contributed by atoms with E-state index >= 15 is 0 Å². The smallest absolute Gasteiger partial charge is 0.276 e. The molecule has 1 fully saturated rings. The summed E-state index contributed by atoms with van der Waals surface area (Å²) in [6.45, 7) is 0. The lowest BCUT2D eigenvalue weighted by molar-refractivity contribution is -0.385. The number of carbonyl (C=O) groups excluding carboxylic acids is 1. The third kappa shape index (κ3) is 3.91. The Morgan fingerprint density at radius 3 is 2.65 bits per heavy atom. The van der Waals surface area contributed by atoms with Crippen LogP contribution in [-0.2, 0) is 4.79 Å². The van der Waals surface area contributed by atoms with Crippen LogP contribution < -0.4 is 5.32 Å². The Labute approximate surface area is 117 Å². The third-order valence-corrected chi connectivity index (χ3v) is 3.50. The van der Waals surface area contributed by atoms with Crippen molar-refractivity contribution in [3.8, 4) is 0 Å². The van der Waals surface area contributed by atoms with Crippen molar-refractivity contribution < 1.29 is 9.72 Å². The van der Waals surface area contributed by atoms with E-state index in [9.17, 15) is 14.9 Å². The highest BCUT2D eigenvalue weighted by atomic mass is 16.6. The molecule has 1 aliphatic rings. The lowest BCUT2D eigenvalue weighted by Crippen LogP contribution is -2.34. The summed E-state index contributed by atoms with van der Waals surface area (Å²) in [7, 11) is 0. The van der Waals surface area contributed by atoms with Gasteiger partial charge in [-0.15, -0.1) is 0 Å². The molecular formula is C15H18N2O3. The van der Waals surface area contributed by atoms with Crippen LogP contribution in [0.15, 0.2) is 30.3 Å². The molecule has 0 spiro atoms. The van der Waals surface area contributed by atoms with E-state index in [2.05, 4.69) is 5.32 Å². The Balaban J connectivity index is 1.98. The van der Waals surface area contributed by atoms with Crippen molar-refractivity contribution in [3.05, 3.63) is 46.0 Å². The minimum Gasteiger partial charge on any atom is -0.350 e. The molecule has 106 valence electrons. The summed E-state index contributed by atoms with van der Waals surface area (Å²) in [6, 6.07) is 6.62. The average molecular weight is 274 g/mol. The van der Waals surface area contributed by atoms with Crippen molar-refractivity contribution in [3.63, 3.8) is 0 Å². The molecule has 0 aliphatic heterocycles. The molecule has 0 unspecified atom stereocenters. The molecule has 1 amide bonds. The number of carbonyl (C=O) groups is 1. The molecule has 20 heavy (non-hydrogen) atoms. The van der Waals surface area contributed by atoms with Crippen molar-refractivity contribution in [2.75, 3.05) is 0 Å². The highest BCUT2D eigenvalue weighted by Crippen LogP contribution is 2.19. The molecule has 1 aromatic rings. The van der Waals surface area contributed by atoms with Crippen LogP contribution in [-0.4, -0.2) is 16.9 Å². The fraction of sp³-hybridized carbons (Fsp3) is 0.400. The second-order valence-corrected chi connectivity index (χ2v) is 4.99. The molecule has 5 nitrogen and oxygen atoms in total. The number of nitro groups is 1. The first-order valence-corrected chi connectivity index (χ1v) is 6.89. The fourth-order valence-corrected chi connectivity index (χ4v) is 2.46.